The molecule has 0 aromatic heterocycles. The molecule has 1 aliphatic heterocycles. The van der Waals surface area contributed by atoms with Gasteiger partial charge in [0, 0.05) is 22.7 Å². The fraction of sp³-hybridized carbons (Fsp3) is 0.188. The summed E-state index contributed by atoms with van der Waals surface area (Å²) < 4.78 is 6.00. The number of hydrogen-bond acceptors (Lipinski definition) is 2. The molecule has 0 spiro atoms. The number of fused-ring (bicyclic) bond motifs is 1. The van der Waals surface area contributed by atoms with Gasteiger partial charge in [-0.3, -0.25) is 4.99 Å². The van der Waals surface area contributed by atoms with Crippen molar-refractivity contribution in [3.63, 3.8) is 0 Å². The van der Waals surface area contributed by atoms with Crippen molar-refractivity contribution in [1.29, 1.82) is 0 Å². The average Bonchev–Trinajstić information content (AvgIpc) is 2.78. The average molecular weight is 272 g/mol. The maximum atomic E-state index is 6.11. The van der Waals surface area contributed by atoms with E-state index in [-0.39, 0.29) is 6.10 Å². The molecule has 0 N–H and O–H groups in total. The number of aliphatic imine (C=N–C) groups is 1. The highest BCUT2D eigenvalue weighted by molar-refractivity contribution is 6.30. The molecule has 3 heteroatoms. The SMILES string of the molecule is CCN=C1OC(c2ccccc2)c2cc(Cl)ccc21. The van der Waals surface area contributed by atoms with Gasteiger partial charge in [-0.2, -0.15) is 0 Å². The van der Waals surface area contributed by atoms with Crippen LogP contribution >= 0.6 is 11.6 Å². The van der Waals surface area contributed by atoms with Crippen LogP contribution in [0.5, 0.6) is 0 Å². The van der Waals surface area contributed by atoms with Crippen molar-refractivity contribution >= 4 is 17.5 Å². The van der Waals surface area contributed by atoms with E-state index >= 15 is 0 Å². The molecule has 0 aliphatic carbocycles. The van der Waals surface area contributed by atoms with E-state index in [1.165, 1.54) is 0 Å². The van der Waals surface area contributed by atoms with Crippen LogP contribution in [0.3, 0.4) is 0 Å². The van der Waals surface area contributed by atoms with E-state index < -0.39 is 0 Å². The van der Waals surface area contributed by atoms with Crippen molar-refractivity contribution in [3.05, 3.63) is 70.2 Å². The van der Waals surface area contributed by atoms with Crippen LogP contribution in [-0.2, 0) is 4.74 Å². The molecule has 2 aromatic rings. The highest BCUT2D eigenvalue weighted by Gasteiger charge is 2.30. The molecule has 1 aliphatic rings. The van der Waals surface area contributed by atoms with Gasteiger partial charge in [-0.25, -0.2) is 0 Å². The van der Waals surface area contributed by atoms with E-state index in [9.17, 15) is 0 Å². The van der Waals surface area contributed by atoms with Crippen LogP contribution in [0.25, 0.3) is 0 Å². The fourth-order valence-corrected chi connectivity index (χ4v) is 2.51. The smallest absolute Gasteiger partial charge is 0.217 e. The van der Waals surface area contributed by atoms with Gasteiger partial charge >= 0.3 is 0 Å². The van der Waals surface area contributed by atoms with Crippen LogP contribution in [0.1, 0.15) is 29.7 Å². The van der Waals surface area contributed by atoms with Crippen molar-refractivity contribution in [2.24, 2.45) is 4.99 Å². The second kappa shape index (κ2) is 5.06. The molecule has 0 saturated heterocycles. The van der Waals surface area contributed by atoms with Gasteiger partial charge in [0.25, 0.3) is 0 Å². The maximum absolute atomic E-state index is 6.11. The summed E-state index contributed by atoms with van der Waals surface area (Å²) in [6, 6.07) is 16.0. The van der Waals surface area contributed by atoms with Gasteiger partial charge in [0.2, 0.25) is 5.90 Å². The minimum atomic E-state index is -0.111. The van der Waals surface area contributed by atoms with Crippen LogP contribution in [0, 0.1) is 0 Å². The molecule has 2 nitrogen and oxygen atoms in total. The Hall–Kier alpha value is -1.80. The summed E-state index contributed by atoms with van der Waals surface area (Å²) in [6.45, 7) is 2.71. The summed E-state index contributed by atoms with van der Waals surface area (Å²) in [5.74, 6) is 0.711. The van der Waals surface area contributed by atoms with Crippen LogP contribution in [0.4, 0.5) is 0 Å². The lowest BCUT2D eigenvalue weighted by atomic mass is 9.99. The molecule has 0 fully saturated rings. The number of ether oxygens (including phenoxy) is 1. The van der Waals surface area contributed by atoms with Crippen molar-refractivity contribution in [2.45, 2.75) is 13.0 Å². The lowest BCUT2D eigenvalue weighted by molar-refractivity contribution is 0.251. The van der Waals surface area contributed by atoms with E-state index in [4.69, 9.17) is 16.3 Å². The molecule has 1 atom stereocenters. The van der Waals surface area contributed by atoms with Crippen LogP contribution < -0.4 is 0 Å². The Labute approximate surface area is 117 Å². The number of nitrogens with zero attached hydrogens (tertiary/aromatic N) is 1. The van der Waals surface area contributed by atoms with Crippen molar-refractivity contribution in [1.82, 2.24) is 0 Å². The second-order valence-electron chi connectivity index (χ2n) is 4.42. The number of benzene rings is 2. The van der Waals surface area contributed by atoms with E-state index in [2.05, 4.69) is 17.1 Å². The van der Waals surface area contributed by atoms with Gasteiger partial charge < -0.3 is 4.74 Å². The van der Waals surface area contributed by atoms with Crippen LogP contribution in [-0.4, -0.2) is 12.4 Å². The maximum Gasteiger partial charge on any atom is 0.217 e. The zero-order valence-electron chi connectivity index (χ0n) is 10.6. The van der Waals surface area contributed by atoms with Crippen LogP contribution in [0.15, 0.2) is 53.5 Å². The van der Waals surface area contributed by atoms with E-state index in [0.717, 1.165) is 21.7 Å². The summed E-state index contributed by atoms with van der Waals surface area (Å²) >= 11 is 6.11. The number of rotatable bonds is 2. The second-order valence-corrected chi connectivity index (χ2v) is 4.86. The Bertz CT molecular complexity index is 622. The van der Waals surface area contributed by atoms with Gasteiger partial charge in [0.15, 0.2) is 6.10 Å². The minimum Gasteiger partial charge on any atom is -0.464 e. The third-order valence-electron chi connectivity index (χ3n) is 3.16. The van der Waals surface area contributed by atoms with E-state index in [1.54, 1.807) is 0 Å². The molecular formula is C16H14ClNO. The normalized spacial score (nSPS) is 19.3. The predicted molar refractivity (Wildman–Crippen MR) is 77.9 cm³/mol. The van der Waals surface area contributed by atoms with Gasteiger partial charge in [0.05, 0.1) is 0 Å². The summed E-state index contributed by atoms with van der Waals surface area (Å²) in [5.41, 5.74) is 3.25. The molecule has 2 aromatic carbocycles. The Morgan fingerprint density at radius 3 is 2.68 bits per heavy atom. The third kappa shape index (κ3) is 2.24. The number of halogens is 1. The first-order valence-corrected chi connectivity index (χ1v) is 6.73. The first-order valence-electron chi connectivity index (χ1n) is 6.35. The Balaban J connectivity index is 2.11. The molecule has 1 unspecified atom stereocenters. The molecule has 0 bridgehead atoms. The summed E-state index contributed by atoms with van der Waals surface area (Å²) in [6.07, 6.45) is -0.111. The Morgan fingerprint density at radius 1 is 1.16 bits per heavy atom. The predicted octanol–water partition coefficient (Wildman–Crippen LogP) is 4.23. The molecule has 1 heterocycles. The largest absolute Gasteiger partial charge is 0.464 e. The van der Waals surface area contributed by atoms with Gasteiger partial charge in [-0.1, -0.05) is 41.9 Å². The summed E-state index contributed by atoms with van der Waals surface area (Å²) in [5, 5.41) is 0.723. The molecule has 96 valence electrons. The molecule has 3 rings (SSSR count). The summed E-state index contributed by atoms with van der Waals surface area (Å²) in [7, 11) is 0. The highest BCUT2D eigenvalue weighted by Crippen LogP contribution is 2.37. The summed E-state index contributed by atoms with van der Waals surface area (Å²) in [4.78, 5) is 4.42. The quantitative estimate of drug-likeness (QED) is 0.801. The van der Waals surface area contributed by atoms with Crippen molar-refractivity contribution in [2.75, 3.05) is 6.54 Å². The molecule has 0 amide bonds. The van der Waals surface area contributed by atoms with E-state index in [0.29, 0.717) is 12.4 Å². The third-order valence-corrected chi connectivity index (χ3v) is 3.40. The first kappa shape index (κ1) is 12.2. The number of hydrogen-bond donors (Lipinski definition) is 0. The van der Waals surface area contributed by atoms with Gasteiger partial charge in [-0.15, -0.1) is 0 Å². The molecule has 0 saturated carbocycles. The van der Waals surface area contributed by atoms with Crippen molar-refractivity contribution < 1.29 is 4.74 Å². The lowest BCUT2D eigenvalue weighted by Gasteiger charge is -2.11. The van der Waals surface area contributed by atoms with E-state index in [1.807, 2.05) is 43.3 Å². The topological polar surface area (TPSA) is 21.6 Å². The molecule has 19 heavy (non-hydrogen) atoms. The standard InChI is InChI=1S/C16H14ClNO/c1-2-18-16-13-9-8-12(17)10-14(13)15(19-16)11-6-4-3-5-7-11/h3-10,15H,2H2,1H3. The first-order chi connectivity index (χ1) is 9.29. The van der Waals surface area contributed by atoms with Gasteiger partial charge in [-0.05, 0) is 30.7 Å². The minimum absolute atomic E-state index is 0.111. The zero-order valence-corrected chi connectivity index (χ0v) is 11.4. The Morgan fingerprint density at radius 2 is 1.95 bits per heavy atom. The van der Waals surface area contributed by atoms with Crippen molar-refractivity contribution in [3.8, 4) is 0 Å². The Kier molecular flexibility index (Phi) is 3.26. The zero-order chi connectivity index (χ0) is 13.2. The molecular weight excluding hydrogens is 258 g/mol. The van der Waals surface area contributed by atoms with Gasteiger partial charge in [0.1, 0.15) is 0 Å². The molecule has 0 radical (unpaired) electrons. The van der Waals surface area contributed by atoms with Crippen LogP contribution in [0.2, 0.25) is 5.02 Å². The fourth-order valence-electron chi connectivity index (χ4n) is 2.33. The lowest BCUT2D eigenvalue weighted by Crippen LogP contribution is -2.02. The highest BCUT2D eigenvalue weighted by atomic mass is 35.5. The monoisotopic (exact) mass is 271 g/mol.